The Balaban J connectivity index is 0.00000243. The molecule has 0 aromatic carbocycles. The molecule has 0 saturated carbocycles. The summed E-state index contributed by atoms with van der Waals surface area (Å²) in [7, 11) is 1.87. The van der Waals surface area contributed by atoms with E-state index in [-0.39, 0.29) is 24.0 Å². The molecule has 1 unspecified atom stereocenters. The number of likely N-dealkylation sites (tertiary alicyclic amines) is 1. The lowest BCUT2D eigenvalue weighted by Gasteiger charge is -2.32. The summed E-state index contributed by atoms with van der Waals surface area (Å²) in [5.74, 6) is 2.66. The zero-order valence-electron chi connectivity index (χ0n) is 16.2. The van der Waals surface area contributed by atoms with E-state index in [0.29, 0.717) is 18.5 Å². The number of imidazole rings is 1. The minimum atomic E-state index is 0. The van der Waals surface area contributed by atoms with Crippen LogP contribution in [0.1, 0.15) is 26.1 Å². The molecule has 0 radical (unpaired) electrons. The molecule has 0 amide bonds. The maximum atomic E-state index is 5.47. The average molecular weight is 476 g/mol. The average Bonchev–Trinajstić information content (AvgIpc) is 3.26. The lowest BCUT2D eigenvalue weighted by Crippen LogP contribution is -2.46. The molecule has 26 heavy (non-hydrogen) atoms. The summed E-state index contributed by atoms with van der Waals surface area (Å²) in [6, 6.07) is 0.616. The Morgan fingerprint density at radius 2 is 2.12 bits per heavy atom. The molecule has 1 aromatic heterocycles. The van der Waals surface area contributed by atoms with Crippen LogP contribution < -0.4 is 5.32 Å². The highest BCUT2D eigenvalue weighted by atomic mass is 127. The minimum absolute atomic E-state index is 0. The molecular weight excluding hydrogens is 443 g/mol. The molecule has 0 spiro atoms. The predicted molar refractivity (Wildman–Crippen MR) is 115 cm³/mol. The van der Waals surface area contributed by atoms with Crippen molar-refractivity contribution in [1.29, 1.82) is 0 Å². The van der Waals surface area contributed by atoms with Crippen LogP contribution >= 0.6 is 24.0 Å². The van der Waals surface area contributed by atoms with Crippen molar-refractivity contribution in [1.82, 2.24) is 24.7 Å². The summed E-state index contributed by atoms with van der Waals surface area (Å²) < 4.78 is 7.70. The summed E-state index contributed by atoms with van der Waals surface area (Å²) in [4.78, 5) is 13.9. The molecule has 3 rings (SSSR count). The fourth-order valence-electron chi connectivity index (χ4n) is 3.73. The second kappa shape index (κ2) is 10.5. The Morgan fingerprint density at radius 1 is 1.35 bits per heavy atom. The molecule has 1 atom stereocenters. The summed E-state index contributed by atoms with van der Waals surface area (Å²) in [6.45, 7) is 12.1. The third kappa shape index (κ3) is 5.56. The molecular formula is C18H33IN6O. The first-order chi connectivity index (χ1) is 12.2. The number of rotatable bonds is 5. The molecule has 2 aliphatic heterocycles. The summed E-state index contributed by atoms with van der Waals surface area (Å²) >= 11 is 0. The van der Waals surface area contributed by atoms with E-state index in [4.69, 9.17) is 4.74 Å². The summed E-state index contributed by atoms with van der Waals surface area (Å²) in [5.41, 5.74) is 0. The number of aliphatic imine (C=N–C) groups is 1. The standard InChI is InChI=1S/C18H32N6O.HI/c1-15(2)13-23-7-5-20-17(23)12-21-18(19-3)24-6-4-16(14-24)22-8-10-25-11-9-22;/h5,7,15-16H,4,6,8-14H2,1-3H3,(H,19,21);1H. The molecule has 1 aromatic rings. The van der Waals surface area contributed by atoms with Crippen LogP contribution in [0.4, 0.5) is 0 Å². The van der Waals surface area contributed by atoms with Gasteiger partial charge in [-0.25, -0.2) is 4.98 Å². The van der Waals surface area contributed by atoms with Gasteiger partial charge < -0.3 is 19.5 Å². The van der Waals surface area contributed by atoms with E-state index in [1.807, 2.05) is 13.2 Å². The molecule has 8 heteroatoms. The van der Waals surface area contributed by atoms with Crippen molar-refractivity contribution in [2.75, 3.05) is 46.4 Å². The van der Waals surface area contributed by atoms with E-state index in [9.17, 15) is 0 Å². The SMILES string of the molecule is CN=C(NCc1nccn1CC(C)C)N1CCC(N2CCOCC2)C1.I. The Kier molecular flexibility index (Phi) is 8.62. The Morgan fingerprint density at radius 3 is 2.81 bits per heavy atom. The largest absolute Gasteiger partial charge is 0.379 e. The molecule has 148 valence electrons. The van der Waals surface area contributed by atoms with Gasteiger partial charge in [0.05, 0.1) is 19.8 Å². The third-order valence-electron chi connectivity index (χ3n) is 5.00. The van der Waals surface area contributed by atoms with Gasteiger partial charge >= 0.3 is 0 Å². The first kappa shape index (κ1) is 21.4. The Hall–Kier alpha value is -0.870. The Bertz CT molecular complexity index is 570. The van der Waals surface area contributed by atoms with Crippen molar-refractivity contribution in [2.45, 2.75) is 39.4 Å². The number of hydrogen-bond acceptors (Lipinski definition) is 4. The number of guanidine groups is 1. The topological polar surface area (TPSA) is 57.9 Å². The molecule has 0 aliphatic carbocycles. The summed E-state index contributed by atoms with van der Waals surface area (Å²) in [6.07, 6.45) is 5.14. The van der Waals surface area contributed by atoms with Gasteiger partial charge in [-0.05, 0) is 12.3 Å². The number of nitrogens with zero attached hydrogens (tertiary/aromatic N) is 5. The van der Waals surface area contributed by atoms with Crippen molar-refractivity contribution in [3.8, 4) is 0 Å². The van der Waals surface area contributed by atoms with Crippen LogP contribution in [0, 0.1) is 5.92 Å². The van der Waals surface area contributed by atoms with Gasteiger partial charge in [0.15, 0.2) is 5.96 Å². The highest BCUT2D eigenvalue weighted by Gasteiger charge is 2.30. The smallest absolute Gasteiger partial charge is 0.194 e. The van der Waals surface area contributed by atoms with E-state index in [0.717, 1.165) is 57.7 Å². The van der Waals surface area contributed by atoms with Gasteiger partial charge in [-0.15, -0.1) is 24.0 Å². The fourth-order valence-corrected chi connectivity index (χ4v) is 3.73. The van der Waals surface area contributed by atoms with Gasteiger partial charge in [0.1, 0.15) is 5.82 Å². The molecule has 0 bridgehead atoms. The molecule has 2 saturated heterocycles. The first-order valence-corrected chi connectivity index (χ1v) is 9.44. The fraction of sp³-hybridized carbons (Fsp3) is 0.778. The number of halogens is 1. The van der Waals surface area contributed by atoms with Crippen molar-refractivity contribution in [2.24, 2.45) is 10.9 Å². The molecule has 2 fully saturated rings. The van der Waals surface area contributed by atoms with Crippen molar-refractivity contribution in [3.63, 3.8) is 0 Å². The van der Waals surface area contributed by atoms with Gasteiger partial charge in [-0.2, -0.15) is 0 Å². The van der Waals surface area contributed by atoms with Crippen LogP contribution in [0.2, 0.25) is 0 Å². The van der Waals surface area contributed by atoms with E-state index >= 15 is 0 Å². The number of ether oxygens (including phenoxy) is 1. The minimum Gasteiger partial charge on any atom is -0.379 e. The van der Waals surface area contributed by atoms with E-state index < -0.39 is 0 Å². The van der Waals surface area contributed by atoms with Crippen LogP contribution in [0.15, 0.2) is 17.4 Å². The highest BCUT2D eigenvalue weighted by molar-refractivity contribution is 14.0. The molecule has 7 nitrogen and oxygen atoms in total. The van der Waals surface area contributed by atoms with Crippen LogP contribution in [0.3, 0.4) is 0 Å². The number of aromatic nitrogens is 2. The summed E-state index contributed by atoms with van der Waals surface area (Å²) in [5, 5.41) is 3.50. The van der Waals surface area contributed by atoms with Crippen molar-refractivity contribution in [3.05, 3.63) is 18.2 Å². The molecule has 3 heterocycles. The van der Waals surface area contributed by atoms with Gasteiger partial charge in [-0.1, -0.05) is 13.8 Å². The predicted octanol–water partition coefficient (Wildman–Crippen LogP) is 1.64. The van der Waals surface area contributed by atoms with Crippen LogP contribution in [-0.2, 0) is 17.8 Å². The van der Waals surface area contributed by atoms with Crippen molar-refractivity contribution < 1.29 is 4.74 Å². The second-order valence-electron chi connectivity index (χ2n) is 7.33. The van der Waals surface area contributed by atoms with Gasteiger partial charge in [0.25, 0.3) is 0 Å². The van der Waals surface area contributed by atoms with Crippen LogP contribution in [0.5, 0.6) is 0 Å². The maximum Gasteiger partial charge on any atom is 0.194 e. The number of nitrogens with one attached hydrogen (secondary N) is 1. The van der Waals surface area contributed by atoms with Crippen LogP contribution in [0.25, 0.3) is 0 Å². The zero-order chi connectivity index (χ0) is 17.6. The zero-order valence-corrected chi connectivity index (χ0v) is 18.6. The number of morpholine rings is 1. The second-order valence-corrected chi connectivity index (χ2v) is 7.33. The lowest BCUT2D eigenvalue weighted by atomic mass is 10.2. The van der Waals surface area contributed by atoms with E-state index in [1.165, 1.54) is 6.42 Å². The van der Waals surface area contributed by atoms with E-state index in [1.54, 1.807) is 0 Å². The van der Waals surface area contributed by atoms with Gasteiger partial charge in [0.2, 0.25) is 0 Å². The Labute approximate surface area is 174 Å². The molecule has 2 aliphatic rings. The van der Waals surface area contributed by atoms with Crippen molar-refractivity contribution >= 4 is 29.9 Å². The molecule has 1 N–H and O–H groups in total. The van der Waals surface area contributed by atoms with Gasteiger partial charge in [-0.3, -0.25) is 9.89 Å². The monoisotopic (exact) mass is 476 g/mol. The van der Waals surface area contributed by atoms with E-state index in [2.05, 4.69) is 49.7 Å². The number of hydrogen-bond donors (Lipinski definition) is 1. The van der Waals surface area contributed by atoms with Gasteiger partial charge in [0, 0.05) is 58.2 Å². The van der Waals surface area contributed by atoms with Crippen LogP contribution in [-0.4, -0.2) is 77.8 Å². The third-order valence-corrected chi connectivity index (χ3v) is 5.00. The normalized spacial score (nSPS) is 21.9. The maximum absolute atomic E-state index is 5.47. The lowest BCUT2D eigenvalue weighted by molar-refractivity contribution is 0.0195. The quantitative estimate of drug-likeness (QED) is 0.398. The highest BCUT2D eigenvalue weighted by Crippen LogP contribution is 2.17. The first-order valence-electron chi connectivity index (χ1n) is 9.44.